The van der Waals surface area contributed by atoms with Crippen molar-refractivity contribution in [3.05, 3.63) is 40.6 Å². The van der Waals surface area contributed by atoms with Gasteiger partial charge in [-0.2, -0.15) is 16.9 Å². The van der Waals surface area contributed by atoms with Crippen molar-refractivity contribution in [1.82, 2.24) is 9.78 Å². The summed E-state index contributed by atoms with van der Waals surface area (Å²) in [6.45, 7) is 8.31. The Morgan fingerprint density at radius 3 is 2.78 bits per heavy atom. The van der Waals surface area contributed by atoms with Gasteiger partial charge in [0.15, 0.2) is 0 Å². The first-order chi connectivity index (χ1) is 11.0. The molecule has 0 atom stereocenters. The number of fused-ring (bicyclic) bond motifs is 1. The van der Waals surface area contributed by atoms with Crippen LogP contribution in [0.5, 0.6) is 0 Å². The van der Waals surface area contributed by atoms with Crippen molar-refractivity contribution < 1.29 is 4.79 Å². The first-order valence-electron chi connectivity index (χ1n) is 8.01. The number of thioether (sulfide) groups is 1. The maximum atomic E-state index is 12.3. The average Bonchev–Trinajstić information content (AvgIpc) is 3.04. The number of hydrogen-bond acceptors (Lipinski definition) is 3. The molecule has 0 saturated heterocycles. The van der Waals surface area contributed by atoms with E-state index in [9.17, 15) is 4.79 Å². The minimum absolute atomic E-state index is 0.0599. The molecule has 4 nitrogen and oxygen atoms in total. The fraction of sp³-hybridized carbons (Fsp3) is 0.444. The van der Waals surface area contributed by atoms with Gasteiger partial charge in [0.25, 0.3) is 0 Å². The molecule has 3 rings (SSSR count). The van der Waals surface area contributed by atoms with Gasteiger partial charge in [-0.05, 0) is 43.0 Å². The Bertz CT molecular complexity index is 749. The van der Waals surface area contributed by atoms with E-state index >= 15 is 0 Å². The fourth-order valence-electron chi connectivity index (χ4n) is 2.74. The van der Waals surface area contributed by atoms with Crippen LogP contribution in [0.4, 0.5) is 5.82 Å². The van der Waals surface area contributed by atoms with Crippen molar-refractivity contribution in [2.75, 3.05) is 5.32 Å². The molecule has 2 heterocycles. The third kappa shape index (κ3) is 3.29. The van der Waals surface area contributed by atoms with Crippen LogP contribution in [0.2, 0.25) is 0 Å². The lowest BCUT2D eigenvalue weighted by Gasteiger charge is -2.13. The number of aryl methyl sites for hydroxylation is 2. The highest BCUT2D eigenvalue weighted by Crippen LogP contribution is 2.36. The van der Waals surface area contributed by atoms with Gasteiger partial charge in [0.05, 0.1) is 11.4 Å². The van der Waals surface area contributed by atoms with Gasteiger partial charge in [-0.15, -0.1) is 0 Å². The Kier molecular flexibility index (Phi) is 4.48. The summed E-state index contributed by atoms with van der Waals surface area (Å²) in [5, 5.41) is 7.85. The van der Waals surface area contributed by atoms with Gasteiger partial charge in [-0.25, -0.2) is 4.68 Å². The number of rotatable bonds is 4. The summed E-state index contributed by atoms with van der Waals surface area (Å²) < 4.78 is 1.90. The minimum atomic E-state index is 0.0599. The number of aromatic nitrogens is 2. The lowest BCUT2D eigenvalue weighted by atomic mass is 10.1. The number of nitrogens with zero attached hydrogens (tertiary/aromatic N) is 2. The molecule has 1 amide bonds. The van der Waals surface area contributed by atoms with Crippen LogP contribution < -0.4 is 5.32 Å². The summed E-state index contributed by atoms with van der Waals surface area (Å²) in [6, 6.07) is 6.30. The maximum absolute atomic E-state index is 12.3. The van der Waals surface area contributed by atoms with Crippen molar-refractivity contribution >= 4 is 23.5 Å². The summed E-state index contributed by atoms with van der Waals surface area (Å²) in [4.78, 5) is 12.3. The number of nitrogens with one attached hydrogen (secondary N) is 1. The molecule has 2 aromatic rings. The molecule has 122 valence electrons. The molecular formula is C18H23N3OS. The molecule has 0 unspecified atom stereocenters. The molecule has 1 aromatic heterocycles. The van der Waals surface area contributed by atoms with E-state index in [0.717, 1.165) is 28.7 Å². The van der Waals surface area contributed by atoms with Crippen molar-refractivity contribution in [2.45, 2.75) is 45.6 Å². The van der Waals surface area contributed by atoms with Crippen LogP contribution in [0.25, 0.3) is 5.69 Å². The highest BCUT2D eigenvalue weighted by molar-refractivity contribution is 7.98. The SMILES string of the molecule is Cc1ccc(-n2nc3c(c2NC(=O)CC(C)C)CSC3)cc1C. The van der Waals surface area contributed by atoms with Crippen LogP contribution in [0.15, 0.2) is 18.2 Å². The summed E-state index contributed by atoms with van der Waals surface area (Å²) >= 11 is 1.85. The number of carbonyl (C=O) groups excluding carboxylic acids is 1. The third-order valence-corrected chi connectivity index (χ3v) is 5.11. The summed E-state index contributed by atoms with van der Waals surface area (Å²) in [5.41, 5.74) is 5.76. The Hall–Kier alpha value is -1.75. The van der Waals surface area contributed by atoms with Gasteiger partial charge < -0.3 is 5.32 Å². The Morgan fingerprint density at radius 2 is 2.09 bits per heavy atom. The van der Waals surface area contributed by atoms with Gasteiger partial charge in [-0.3, -0.25) is 4.79 Å². The predicted octanol–water partition coefficient (Wildman–Crippen LogP) is 4.22. The molecule has 5 heteroatoms. The molecule has 1 N–H and O–H groups in total. The highest BCUT2D eigenvalue weighted by Gasteiger charge is 2.24. The number of anilines is 1. The molecule has 0 aliphatic carbocycles. The van der Waals surface area contributed by atoms with Gasteiger partial charge in [0.2, 0.25) is 5.91 Å². The zero-order chi connectivity index (χ0) is 16.6. The van der Waals surface area contributed by atoms with Crippen molar-refractivity contribution in [2.24, 2.45) is 5.92 Å². The van der Waals surface area contributed by atoms with E-state index in [2.05, 4.69) is 51.2 Å². The topological polar surface area (TPSA) is 46.9 Å². The molecule has 23 heavy (non-hydrogen) atoms. The van der Waals surface area contributed by atoms with Crippen molar-refractivity contribution in [3.8, 4) is 5.69 Å². The smallest absolute Gasteiger partial charge is 0.225 e. The van der Waals surface area contributed by atoms with E-state index in [4.69, 9.17) is 5.10 Å². The molecule has 0 radical (unpaired) electrons. The van der Waals surface area contributed by atoms with E-state index in [1.807, 2.05) is 16.4 Å². The second-order valence-corrected chi connectivity index (χ2v) is 7.58. The molecule has 0 bridgehead atoms. The van der Waals surface area contributed by atoms with Crippen LogP contribution in [0, 0.1) is 19.8 Å². The lowest BCUT2D eigenvalue weighted by molar-refractivity contribution is -0.116. The van der Waals surface area contributed by atoms with Gasteiger partial charge in [0.1, 0.15) is 5.82 Å². The third-order valence-electron chi connectivity index (χ3n) is 4.14. The Balaban J connectivity index is 2.00. The first-order valence-corrected chi connectivity index (χ1v) is 9.17. The van der Waals surface area contributed by atoms with E-state index in [1.54, 1.807) is 0 Å². The normalized spacial score (nSPS) is 13.4. The van der Waals surface area contributed by atoms with Crippen molar-refractivity contribution in [1.29, 1.82) is 0 Å². The Morgan fingerprint density at radius 1 is 1.30 bits per heavy atom. The largest absolute Gasteiger partial charge is 0.310 e. The molecular weight excluding hydrogens is 306 g/mol. The summed E-state index contributed by atoms with van der Waals surface area (Å²) in [6.07, 6.45) is 0.528. The maximum Gasteiger partial charge on any atom is 0.225 e. The van der Waals surface area contributed by atoms with E-state index in [1.165, 1.54) is 16.7 Å². The van der Waals surface area contributed by atoms with Crippen LogP contribution in [-0.4, -0.2) is 15.7 Å². The number of carbonyl (C=O) groups is 1. The standard InChI is InChI=1S/C18H23N3OS/c1-11(2)7-17(22)19-18-15-9-23-10-16(15)20-21(18)14-6-5-12(3)13(4)8-14/h5-6,8,11H,7,9-10H2,1-4H3,(H,19,22). The van der Waals surface area contributed by atoms with Crippen LogP contribution in [-0.2, 0) is 16.3 Å². The predicted molar refractivity (Wildman–Crippen MR) is 96.1 cm³/mol. The summed E-state index contributed by atoms with van der Waals surface area (Å²) in [7, 11) is 0. The second kappa shape index (κ2) is 6.40. The fourth-order valence-corrected chi connectivity index (χ4v) is 3.77. The van der Waals surface area contributed by atoms with Gasteiger partial charge in [-0.1, -0.05) is 19.9 Å². The zero-order valence-electron chi connectivity index (χ0n) is 14.1. The van der Waals surface area contributed by atoms with E-state index in [0.29, 0.717) is 12.3 Å². The molecule has 0 saturated carbocycles. The van der Waals surface area contributed by atoms with E-state index in [-0.39, 0.29) is 5.91 Å². The number of hydrogen-bond donors (Lipinski definition) is 1. The molecule has 1 aromatic carbocycles. The molecule has 1 aliphatic rings. The van der Waals surface area contributed by atoms with Crippen molar-refractivity contribution in [3.63, 3.8) is 0 Å². The first kappa shape index (κ1) is 16.1. The monoisotopic (exact) mass is 329 g/mol. The molecule has 0 spiro atoms. The summed E-state index contributed by atoms with van der Waals surface area (Å²) in [5.74, 6) is 3.08. The highest BCUT2D eigenvalue weighted by atomic mass is 32.2. The molecule has 0 fully saturated rings. The zero-order valence-corrected chi connectivity index (χ0v) is 15.0. The molecule has 1 aliphatic heterocycles. The quantitative estimate of drug-likeness (QED) is 0.913. The lowest BCUT2D eigenvalue weighted by Crippen LogP contribution is -2.17. The van der Waals surface area contributed by atoms with Crippen LogP contribution >= 0.6 is 11.8 Å². The minimum Gasteiger partial charge on any atom is -0.310 e. The van der Waals surface area contributed by atoms with Gasteiger partial charge in [0, 0.05) is 23.5 Å². The Labute approximate surface area is 141 Å². The van der Waals surface area contributed by atoms with E-state index < -0.39 is 0 Å². The second-order valence-electron chi connectivity index (χ2n) is 6.59. The number of amides is 1. The average molecular weight is 329 g/mol. The number of benzene rings is 1. The van der Waals surface area contributed by atoms with Gasteiger partial charge >= 0.3 is 0 Å². The van der Waals surface area contributed by atoms with Crippen LogP contribution in [0.3, 0.4) is 0 Å². The van der Waals surface area contributed by atoms with Crippen LogP contribution in [0.1, 0.15) is 42.7 Å².